The van der Waals surface area contributed by atoms with Gasteiger partial charge in [0.25, 0.3) is 11.6 Å². The monoisotopic (exact) mass is 296 g/mol. The van der Waals surface area contributed by atoms with Crippen molar-refractivity contribution in [2.75, 3.05) is 18.1 Å². The third-order valence-electron chi connectivity index (χ3n) is 3.52. The van der Waals surface area contributed by atoms with Crippen LogP contribution in [0.4, 0.5) is 0 Å². The van der Waals surface area contributed by atoms with E-state index in [4.69, 9.17) is 4.74 Å². The molecular weight excluding hydrogens is 280 g/mol. The Morgan fingerprint density at radius 2 is 2.00 bits per heavy atom. The Morgan fingerprint density at radius 1 is 1.30 bits per heavy atom. The van der Waals surface area contributed by atoms with E-state index in [9.17, 15) is 9.59 Å². The molecule has 1 aliphatic rings. The fraction of sp³-hybridized carbons (Fsp3) is 0.583. The zero-order valence-electron chi connectivity index (χ0n) is 11.6. The lowest BCUT2D eigenvalue weighted by molar-refractivity contribution is 0.292. The molecule has 7 nitrogen and oxygen atoms in total. The Bertz CT molecular complexity index is 785. The number of hydrogen-bond donors (Lipinski definition) is 0. The molecule has 0 bridgehead atoms. The zero-order valence-corrected chi connectivity index (χ0v) is 12.4. The average molecular weight is 296 g/mol. The third kappa shape index (κ3) is 1.71. The molecule has 2 aromatic heterocycles. The van der Waals surface area contributed by atoms with Crippen LogP contribution in [0.2, 0.25) is 0 Å². The summed E-state index contributed by atoms with van der Waals surface area (Å²) in [7, 11) is 3.10. The maximum Gasteiger partial charge on any atom is 0.332 e. The molecule has 3 rings (SSSR count). The van der Waals surface area contributed by atoms with Crippen molar-refractivity contribution in [2.45, 2.75) is 13.0 Å². The Balaban J connectivity index is 2.41. The summed E-state index contributed by atoms with van der Waals surface area (Å²) in [4.78, 5) is 28.7. The fourth-order valence-electron chi connectivity index (χ4n) is 2.34. The van der Waals surface area contributed by atoms with Gasteiger partial charge in [-0.15, -0.1) is 0 Å². The Hall–Kier alpha value is -1.70. The number of aryl methyl sites for hydroxylation is 1. The maximum absolute atomic E-state index is 12.4. The molecule has 0 aliphatic carbocycles. The van der Waals surface area contributed by atoms with Crippen molar-refractivity contribution in [2.24, 2.45) is 14.1 Å². The van der Waals surface area contributed by atoms with Crippen molar-refractivity contribution in [1.29, 1.82) is 0 Å². The first-order valence-corrected chi connectivity index (χ1v) is 7.60. The van der Waals surface area contributed by atoms with Gasteiger partial charge in [-0.3, -0.25) is 18.5 Å². The van der Waals surface area contributed by atoms with E-state index in [1.54, 1.807) is 7.05 Å². The lowest BCUT2D eigenvalue weighted by Gasteiger charge is -2.27. The summed E-state index contributed by atoms with van der Waals surface area (Å²) in [6.07, 6.45) is 0. The summed E-state index contributed by atoms with van der Waals surface area (Å²) in [5.41, 5.74) is 0.137. The summed E-state index contributed by atoms with van der Waals surface area (Å²) in [6, 6.07) is 0.628. The van der Waals surface area contributed by atoms with Crippen LogP contribution in [0.3, 0.4) is 0 Å². The highest BCUT2D eigenvalue weighted by Gasteiger charge is 2.29. The average Bonchev–Trinajstić information content (AvgIpc) is 2.72. The van der Waals surface area contributed by atoms with Crippen LogP contribution in [0.25, 0.3) is 11.2 Å². The van der Waals surface area contributed by atoms with Crippen LogP contribution in [0, 0.1) is 0 Å². The van der Waals surface area contributed by atoms with Gasteiger partial charge in [0, 0.05) is 25.6 Å². The quantitative estimate of drug-likeness (QED) is 0.804. The standard InChI is InChI=1S/C12H16N4O3S/c1-4-19-11-13-9-8(16(11)7-5-20-6-7)10(17)15(3)12(18)14(9)2/h7H,4-6H2,1-3H3. The van der Waals surface area contributed by atoms with Crippen LogP contribution < -0.4 is 16.0 Å². The molecule has 0 atom stereocenters. The predicted octanol–water partition coefficient (Wildman–Crippen LogP) is 0.120. The molecule has 1 aliphatic heterocycles. The number of nitrogens with zero attached hydrogens (tertiary/aromatic N) is 4. The van der Waals surface area contributed by atoms with Crippen molar-refractivity contribution in [3.63, 3.8) is 0 Å². The first kappa shape index (κ1) is 13.3. The zero-order chi connectivity index (χ0) is 14.4. The molecule has 0 amide bonds. The molecule has 0 radical (unpaired) electrons. The highest BCUT2D eigenvalue weighted by Crippen LogP contribution is 2.34. The minimum absolute atomic E-state index is 0.205. The largest absolute Gasteiger partial charge is 0.465 e. The minimum atomic E-state index is -0.377. The van der Waals surface area contributed by atoms with Gasteiger partial charge in [0.2, 0.25) is 0 Å². The summed E-state index contributed by atoms with van der Waals surface area (Å²) in [6.45, 7) is 2.34. The minimum Gasteiger partial charge on any atom is -0.465 e. The van der Waals surface area contributed by atoms with Gasteiger partial charge in [-0.05, 0) is 6.92 Å². The summed E-state index contributed by atoms with van der Waals surface area (Å²) in [5, 5.41) is 0. The van der Waals surface area contributed by atoms with E-state index < -0.39 is 0 Å². The van der Waals surface area contributed by atoms with E-state index >= 15 is 0 Å². The molecule has 1 fully saturated rings. The molecule has 0 spiro atoms. The van der Waals surface area contributed by atoms with Crippen molar-refractivity contribution >= 4 is 22.9 Å². The van der Waals surface area contributed by atoms with Crippen molar-refractivity contribution in [1.82, 2.24) is 18.7 Å². The molecule has 0 unspecified atom stereocenters. The molecule has 3 heterocycles. The maximum atomic E-state index is 12.4. The van der Waals surface area contributed by atoms with Gasteiger partial charge in [0.05, 0.1) is 12.6 Å². The van der Waals surface area contributed by atoms with E-state index in [0.29, 0.717) is 23.8 Å². The van der Waals surface area contributed by atoms with Gasteiger partial charge < -0.3 is 4.74 Å². The summed E-state index contributed by atoms with van der Waals surface area (Å²) in [5.74, 6) is 1.86. The van der Waals surface area contributed by atoms with Crippen LogP contribution in [-0.4, -0.2) is 36.8 Å². The van der Waals surface area contributed by atoms with Crippen LogP contribution in [-0.2, 0) is 14.1 Å². The number of fused-ring (bicyclic) bond motifs is 1. The van der Waals surface area contributed by atoms with E-state index in [1.807, 2.05) is 23.3 Å². The molecule has 8 heteroatoms. The van der Waals surface area contributed by atoms with Gasteiger partial charge in [-0.2, -0.15) is 16.7 Å². The summed E-state index contributed by atoms with van der Waals surface area (Å²) >= 11 is 1.81. The Morgan fingerprint density at radius 3 is 2.55 bits per heavy atom. The van der Waals surface area contributed by atoms with Crippen molar-refractivity contribution < 1.29 is 4.74 Å². The molecule has 20 heavy (non-hydrogen) atoms. The molecule has 0 aromatic carbocycles. The lowest BCUT2D eigenvalue weighted by Crippen LogP contribution is -2.38. The third-order valence-corrected chi connectivity index (χ3v) is 4.76. The Labute approximate surface area is 119 Å². The second-order valence-corrected chi connectivity index (χ2v) is 5.84. The van der Waals surface area contributed by atoms with E-state index in [2.05, 4.69) is 4.98 Å². The van der Waals surface area contributed by atoms with Crippen molar-refractivity contribution in [3.8, 4) is 6.01 Å². The first-order valence-electron chi connectivity index (χ1n) is 6.44. The van der Waals surface area contributed by atoms with Gasteiger partial charge >= 0.3 is 5.69 Å². The molecule has 2 aromatic rings. The lowest BCUT2D eigenvalue weighted by atomic mass is 10.3. The van der Waals surface area contributed by atoms with Crippen LogP contribution in [0.1, 0.15) is 13.0 Å². The van der Waals surface area contributed by atoms with Gasteiger partial charge in [0.15, 0.2) is 11.2 Å². The Kier molecular flexibility index (Phi) is 3.12. The topological polar surface area (TPSA) is 71.1 Å². The normalized spacial score (nSPS) is 15.6. The number of hydrogen-bond acceptors (Lipinski definition) is 5. The second kappa shape index (κ2) is 4.69. The second-order valence-electron chi connectivity index (χ2n) is 4.77. The highest BCUT2D eigenvalue weighted by atomic mass is 32.2. The van der Waals surface area contributed by atoms with E-state index in [-0.39, 0.29) is 17.3 Å². The predicted molar refractivity (Wildman–Crippen MR) is 77.7 cm³/mol. The van der Waals surface area contributed by atoms with Crippen molar-refractivity contribution in [3.05, 3.63) is 20.8 Å². The number of aromatic nitrogens is 4. The number of rotatable bonds is 3. The number of ether oxygens (including phenoxy) is 1. The first-order chi connectivity index (χ1) is 9.56. The molecule has 0 saturated carbocycles. The smallest absolute Gasteiger partial charge is 0.332 e. The van der Waals surface area contributed by atoms with Crippen LogP contribution in [0.15, 0.2) is 9.59 Å². The molecule has 1 saturated heterocycles. The number of imidazole rings is 1. The SMILES string of the molecule is CCOc1nc2c(c(=O)n(C)c(=O)n2C)n1C1CSC1. The van der Waals surface area contributed by atoms with E-state index in [0.717, 1.165) is 16.1 Å². The number of thioether (sulfide) groups is 1. The highest BCUT2D eigenvalue weighted by molar-refractivity contribution is 8.00. The van der Waals surface area contributed by atoms with E-state index in [1.165, 1.54) is 11.6 Å². The summed E-state index contributed by atoms with van der Waals surface area (Å²) < 4.78 is 9.90. The van der Waals surface area contributed by atoms with Crippen LogP contribution >= 0.6 is 11.8 Å². The molecule has 108 valence electrons. The van der Waals surface area contributed by atoms with Crippen LogP contribution in [0.5, 0.6) is 6.01 Å². The van der Waals surface area contributed by atoms with Gasteiger partial charge in [0.1, 0.15) is 0 Å². The molecule has 0 N–H and O–H groups in total. The van der Waals surface area contributed by atoms with Gasteiger partial charge in [-0.25, -0.2) is 4.79 Å². The fourth-order valence-corrected chi connectivity index (χ4v) is 3.08. The van der Waals surface area contributed by atoms with Gasteiger partial charge in [-0.1, -0.05) is 0 Å². The molecular formula is C12H16N4O3S.